The molecule has 7 nitrogen and oxygen atoms in total. The van der Waals surface area contributed by atoms with E-state index < -0.39 is 6.10 Å². The third kappa shape index (κ3) is 5.00. The minimum absolute atomic E-state index is 0.0336. The van der Waals surface area contributed by atoms with Crippen molar-refractivity contribution in [2.75, 3.05) is 19.5 Å². The molecule has 188 valence electrons. The van der Waals surface area contributed by atoms with Crippen molar-refractivity contribution in [1.82, 2.24) is 4.90 Å². The van der Waals surface area contributed by atoms with E-state index in [0.29, 0.717) is 41.5 Å². The fraction of sp³-hybridized carbons (Fsp3) is 0.310. The number of carbonyl (C=O) groups excluding carboxylic acids is 2. The molecule has 4 rings (SSSR count). The third-order valence-corrected chi connectivity index (χ3v) is 6.46. The van der Waals surface area contributed by atoms with Gasteiger partial charge in [-0.05, 0) is 48.7 Å². The molecule has 3 aromatic rings. The first-order chi connectivity index (χ1) is 17.5. The van der Waals surface area contributed by atoms with Crippen LogP contribution in [0.3, 0.4) is 0 Å². The van der Waals surface area contributed by atoms with Crippen molar-refractivity contribution < 1.29 is 23.8 Å². The second kappa shape index (κ2) is 11.2. The molecule has 0 fully saturated rings. The standard InChI is InChI=1S/C29H32N2O5/c1-5-22(19-11-8-7-9-12-19)31-18-20-17-21(15-16-24(20)36-23(6-2)29(31)33)30-28(32)27-25(34-3)13-10-14-26(27)35-4/h7-17,22-23H,5-6,18H2,1-4H3,(H,30,32)/t22-,23+/m0/s1. The van der Waals surface area contributed by atoms with Gasteiger partial charge in [0.15, 0.2) is 6.10 Å². The van der Waals surface area contributed by atoms with Crippen LogP contribution in [0.2, 0.25) is 0 Å². The highest BCUT2D eigenvalue weighted by molar-refractivity contribution is 6.08. The van der Waals surface area contributed by atoms with Gasteiger partial charge in [-0.3, -0.25) is 9.59 Å². The number of fused-ring (bicyclic) bond motifs is 1. The first-order valence-corrected chi connectivity index (χ1v) is 12.2. The Morgan fingerprint density at radius 2 is 1.72 bits per heavy atom. The van der Waals surface area contributed by atoms with Crippen molar-refractivity contribution in [3.8, 4) is 17.2 Å². The molecule has 0 bridgehead atoms. The fourth-order valence-electron chi connectivity index (χ4n) is 4.65. The minimum Gasteiger partial charge on any atom is -0.496 e. The summed E-state index contributed by atoms with van der Waals surface area (Å²) in [4.78, 5) is 28.6. The van der Waals surface area contributed by atoms with E-state index in [1.807, 2.05) is 54.3 Å². The molecule has 0 saturated heterocycles. The summed E-state index contributed by atoms with van der Waals surface area (Å²) in [5, 5.41) is 2.95. The fourth-order valence-corrected chi connectivity index (χ4v) is 4.65. The van der Waals surface area contributed by atoms with Gasteiger partial charge in [0, 0.05) is 11.3 Å². The van der Waals surface area contributed by atoms with Crippen LogP contribution in [0.4, 0.5) is 5.69 Å². The minimum atomic E-state index is -0.567. The monoisotopic (exact) mass is 488 g/mol. The van der Waals surface area contributed by atoms with E-state index in [9.17, 15) is 9.59 Å². The van der Waals surface area contributed by atoms with Crippen LogP contribution in [-0.4, -0.2) is 37.0 Å². The molecule has 0 spiro atoms. The Morgan fingerprint density at radius 1 is 1.03 bits per heavy atom. The summed E-state index contributed by atoms with van der Waals surface area (Å²) in [5.41, 5.74) is 2.81. The molecule has 0 unspecified atom stereocenters. The van der Waals surface area contributed by atoms with Crippen LogP contribution in [0, 0.1) is 0 Å². The zero-order valence-electron chi connectivity index (χ0n) is 21.1. The normalized spacial score (nSPS) is 15.8. The molecule has 0 radical (unpaired) electrons. The van der Waals surface area contributed by atoms with Crippen molar-refractivity contribution in [3.63, 3.8) is 0 Å². The van der Waals surface area contributed by atoms with Gasteiger partial charge < -0.3 is 24.4 Å². The molecule has 1 N–H and O–H groups in total. The summed E-state index contributed by atoms with van der Waals surface area (Å²) in [7, 11) is 3.02. The highest BCUT2D eigenvalue weighted by Crippen LogP contribution is 2.35. The number of hydrogen-bond donors (Lipinski definition) is 1. The quantitative estimate of drug-likeness (QED) is 0.446. The van der Waals surface area contributed by atoms with Crippen molar-refractivity contribution in [2.24, 2.45) is 0 Å². The Kier molecular flexibility index (Phi) is 7.78. The number of amides is 2. The number of methoxy groups -OCH3 is 2. The molecule has 2 atom stereocenters. The summed E-state index contributed by atoms with van der Waals surface area (Å²) >= 11 is 0. The van der Waals surface area contributed by atoms with Crippen molar-refractivity contribution in [1.29, 1.82) is 0 Å². The molecule has 36 heavy (non-hydrogen) atoms. The lowest BCUT2D eigenvalue weighted by Crippen LogP contribution is -2.41. The van der Waals surface area contributed by atoms with Crippen LogP contribution >= 0.6 is 0 Å². The van der Waals surface area contributed by atoms with Crippen LogP contribution in [0.5, 0.6) is 17.2 Å². The van der Waals surface area contributed by atoms with Gasteiger partial charge in [0.1, 0.15) is 22.8 Å². The van der Waals surface area contributed by atoms with Gasteiger partial charge in [0.05, 0.1) is 26.8 Å². The zero-order valence-corrected chi connectivity index (χ0v) is 21.1. The highest BCUT2D eigenvalue weighted by Gasteiger charge is 2.34. The smallest absolute Gasteiger partial charge is 0.264 e. The van der Waals surface area contributed by atoms with Gasteiger partial charge in [-0.15, -0.1) is 0 Å². The first-order valence-electron chi connectivity index (χ1n) is 12.2. The number of carbonyl (C=O) groups is 2. The van der Waals surface area contributed by atoms with E-state index in [-0.39, 0.29) is 17.9 Å². The molecule has 1 aliphatic heterocycles. The molecule has 0 aliphatic carbocycles. The topological polar surface area (TPSA) is 77.1 Å². The van der Waals surface area contributed by atoms with Gasteiger partial charge in [0.2, 0.25) is 0 Å². The average molecular weight is 489 g/mol. The van der Waals surface area contributed by atoms with Crippen LogP contribution in [0.15, 0.2) is 66.7 Å². The number of anilines is 1. The van der Waals surface area contributed by atoms with E-state index in [4.69, 9.17) is 14.2 Å². The van der Waals surface area contributed by atoms with Gasteiger partial charge in [-0.25, -0.2) is 0 Å². The Balaban J connectivity index is 1.67. The molecule has 7 heteroatoms. The lowest BCUT2D eigenvalue weighted by Gasteiger charge is -2.32. The van der Waals surface area contributed by atoms with Gasteiger partial charge in [-0.2, -0.15) is 0 Å². The maximum absolute atomic E-state index is 13.5. The Labute approximate surface area is 212 Å². The van der Waals surface area contributed by atoms with Crippen LogP contribution in [0.25, 0.3) is 0 Å². The summed E-state index contributed by atoms with van der Waals surface area (Å²) < 4.78 is 16.9. The Morgan fingerprint density at radius 3 is 2.33 bits per heavy atom. The molecular formula is C29H32N2O5. The molecular weight excluding hydrogens is 456 g/mol. The Hall–Kier alpha value is -4.00. The van der Waals surface area contributed by atoms with Crippen LogP contribution < -0.4 is 19.5 Å². The highest BCUT2D eigenvalue weighted by atomic mass is 16.5. The number of nitrogens with one attached hydrogen (secondary N) is 1. The lowest BCUT2D eigenvalue weighted by molar-refractivity contribution is -0.141. The largest absolute Gasteiger partial charge is 0.496 e. The summed E-state index contributed by atoms with van der Waals surface area (Å²) in [6, 6.07) is 20.6. The zero-order chi connectivity index (χ0) is 25.7. The van der Waals surface area contributed by atoms with E-state index in [0.717, 1.165) is 17.5 Å². The molecule has 0 saturated carbocycles. The number of nitrogens with zero attached hydrogens (tertiary/aromatic N) is 1. The number of rotatable bonds is 8. The maximum atomic E-state index is 13.5. The van der Waals surface area contributed by atoms with E-state index in [1.165, 1.54) is 14.2 Å². The molecule has 1 heterocycles. The van der Waals surface area contributed by atoms with Crippen molar-refractivity contribution >= 4 is 17.5 Å². The van der Waals surface area contributed by atoms with E-state index >= 15 is 0 Å². The second-order valence-corrected chi connectivity index (χ2v) is 8.63. The van der Waals surface area contributed by atoms with Crippen molar-refractivity contribution in [2.45, 2.75) is 45.4 Å². The summed E-state index contributed by atoms with van der Waals surface area (Å²) in [5.74, 6) is 1.10. The Bertz CT molecular complexity index is 1210. The second-order valence-electron chi connectivity index (χ2n) is 8.63. The van der Waals surface area contributed by atoms with Gasteiger partial charge in [0.25, 0.3) is 11.8 Å². The average Bonchev–Trinajstić information content (AvgIpc) is 3.05. The lowest BCUT2D eigenvalue weighted by atomic mass is 10.0. The van der Waals surface area contributed by atoms with Crippen molar-refractivity contribution in [3.05, 3.63) is 83.4 Å². The summed E-state index contributed by atoms with van der Waals surface area (Å²) in [6.07, 6.45) is 0.764. The SMILES string of the molecule is CC[C@H]1Oc2ccc(NC(=O)c3c(OC)cccc3OC)cc2CN([C@@H](CC)c2ccccc2)C1=O. The van der Waals surface area contributed by atoms with Crippen LogP contribution in [-0.2, 0) is 11.3 Å². The van der Waals surface area contributed by atoms with E-state index in [1.54, 1.807) is 24.3 Å². The maximum Gasteiger partial charge on any atom is 0.264 e. The predicted molar refractivity (Wildman–Crippen MR) is 139 cm³/mol. The number of ether oxygens (including phenoxy) is 3. The van der Waals surface area contributed by atoms with Gasteiger partial charge >= 0.3 is 0 Å². The van der Waals surface area contributed by atoms with Gasteiger partial charge in [-0.1, -0.05) is 50.2 Å². The summed E-state index contributed by atoms with van der Waals surface area (Å²) in [6.45, 7) is 4.40. The molecule has 0 aromatic heterocycles. The molecule has 2 amide bonds. The predicted octanol–water partition coefficient (Wildman–Crippen LogP) is 5.61. The van der Waals surface area contributed by atoms with E-state index in [2.05, 4.69) is 12.2 Å². The third-order valence-electron chi connectivity index (χ3n) is 6.46. The molecule has 3 aromatic carbocycles. The number of benzene rings is 3. The van der Waals surface area contributed by atoms with Crippen LogP contribution in [0.1, 0.15) is 54.2 Å². The molecule has 1 aliphatic rings. The number of hydrogen-bond acceptors (Lipinski definition) is 5. The first kappa shape index (κ1) is 25.1.